The number of H-pyrrole nitrogens is 1. The number of nitrogens with one attached hydrogen (secondary N) is 1. The average Bonchev–Trinajstić information content (AvgIpc) is 3.23. The van der Waals surface area contributed by atoms with Crippen LogP contribution in [0, 0.1) is 32.1 Å². The lowest BCUT2D eigenvalue weighted by molar-refractivity contribution is 0.793. The Morgan fingerprint density at radius 1 is 1.15 bits per heavy atom. The second-order valence-corrected chi connectivity index (χ2v) is 5.55. The van der Waals surface area contributed by atoms with E-state index in [1.54, 1.807) is 20.0 Å². The minimum atomic E-state index is 0.278. The van der Waals surface area contributed by atoms with Gasteiger partial charge in [-0.25, -0.2) is 9.97 Å². The monoisotopic (exact) mass is 347 g/mol. The van der Waals surface area contributed by atoms with Crippen molar-refractivity contribution in [2.75, 3.05) is 0 Å². The molecule has 4 rings (SSSR count). The Morgan fingerprint density at radius 3 is 2.73 bits per heavy atom. The summed E-state index contributed by atoms with van der Waals surface area (Å²) in [5.74, 6) is 1.34. The Bertz CT molecular complexity index is 1170. The topological polar surface area (TPSA) is 138 Å². The van der Waals surface area contributed by atoms with Crippen LogP contribution in [0.25, 0.3) is 11.5 Å². The van der Waals surface area contributed by atoms with Gasteiger partial charge in [-0.05, 0) is 20.8 Å². The fourth-order valence-electron chi connectivity index (χ4n) is 2.54. The molecule has 0 aromatic carbocycles. The van der Waals surface area contributed by atoms with E-state index in [1.165, 1.54) is 21.7 Å². The summed E-state index contributed by atoms with van der Waals surface area (Å²) in [5, 5.41) is 29.6. The number of hydrogen-bond acceptors (Lipinski definition) is 8. The van der Waals surface area contributed by atoms with Gasteiger partial charge in [0.25, 0.3) is 0 Å². The molecule has 0 aliphatic carbocycles. The number of hydrogen-bond donors (Lipinski definition) is 1. The van der Waals surface area contributed by atoms with Gasteiger partial charge in [0.2, 0.25) is 5.65 Å². The van der Waals surface area contributed by atoms with E-state index in [2.05, 4.69) is 46.5 Å². The van der Waals surface area contributed by atoms with E-state index < -0.39 is 0 Å². The normalized spacial score (nSPS) is 11.5. The quantitative estimate of drug-likeness (QED) is 0.564. The summed E-state index contributed by atoms with van der Waals surface area (Å²) in [6, 6.07) is 2.11. The molecule has 4 aromatic heterocycles. The molecule has 0 aliphatic rings. The number of azo groups is 1. The highest BCUT2D eigenvalue weighted by Gasteiger charge is 2.18. The maximum Gasteiger partial charge on any atom is 0.203 e. The van der Waals surface area contributed by atoms with E-state index in [4.69, 9.17) is 0 Å². The minimum absolute atomic E-state index is 0.278. The van der Waals surface area contributed by atoms with E-state index in [0.717, 1.165) is 5.69 Å². The highest BCUT2D eigenvalue weighted by Crippen LogP contribution is 2.29. The molecular formula is C15H13N11. The number of rotatable bonds is 3. The van der Waals surface area contributed by atoms with Crippen LogP contribution in [0.15, 0.2) is 28.8 Å². The van der Waals surface area contributed by atoms with E-state index in [-0.39, 0.29) is 5.82 Å². The molecule has 4 aromatic rings. The lowest BCUT2D eigenvalue weighted by atomic mass is 10.3. The number of aromatic nitrogens is 8. The standard InChI is InChI=1S/C15H13N11/c1-8-11(6-16)14(25(22-8)12-7-17-4-5-18-12)21-20-13-9(2)23-26-15(13)19-10(3)24-26/h4-5,7,23H,1-3H3. The predicted octanol–water partition coefficient (Wildman–Crippen LogP) is 2.25. The van der Waals surface area contributed by atoms with Crippen molar-refractivity contribution in [3.63, 3.8) is 0 Å². The molecule has 0 bridgehead atoms. The van der Waals surface area contributed by atoms with E-state index in [1.807, 2.05) is 6.92 Å². The van der Waals surface area contributed by atoms with Crippen molar-refractivity contribution < 1.29 is 0 Å². The van der Waals surface area contributed by atoms with Crippen LogP contribution in [0.4, 0.5) is 11.5 Å². The molecule has 0 atom stereocenters. The minimum Gasteiger partial charge on any atom is -0.278 e. The summed E-state index contributed by atoms with van der Waals surface area (Å²) in [6.45, 7) is 5.36. The van der Waals surface area contributed by atoms with Crippen molar-refractivity contribution in [2.24, 2.45) is 10.2 Å². The molecule has 4 heterocycles. The first-order chi connectivity index (χ1) is 12.6. The smallest absolute Gasteiger partial charge is 0.203 e. The van der Waals surface area contributed by atoms with Crippen LogP contribution in [-0.4, -0.2) is 39.6 Å². The summed E-state index contributed by atoms with van der Waals surface area (Å²) in [4.78, 5) is 12.6. The molecule has 0 saturated carbocycles. The maximum atomic E-state index is 9.47. The molecule has 0 fully saturated rings. The van der Waals surface area contributed by atoms with Gasteiger partial charge in [0.05, 0.1) is 17.6 Å². The Kier molecular flexibility index (Phi) is 3.51. The zero-order valence-electron chi connectivity index (χ0n) is 14.2. The number of aromatic amines is 1. The van der Waals surface area contributed by atoms with Crippen LogP contribution in [0.1, 0.15) is 22.8 Å². The average molecular weight is 347 g/mol. The number of aryl methyl sites for hydroxylation is 3. The summed E-state index contributed by atoms with van der Waals surface area (Å²) < 4.78 is 2.98. The molecule has 0 amide bonds. The summed E-state index contributed by atoms with van der Waals surface area (Å²) in [7, 11) is 0. The van der Waals surface area contributed by atoms with Crippen molar-refractivity contribution in [3.05, 3.63) is 41.4 Å². The van der Waals surface area contributed by atoms with Crippen molar-refractivity contribution in [1.29, 1.82) is 5.26 Å². The Balaban J connectivity index is 1.86. The van der Waals surface area contributed by atoms with Crippen molar-refractivity contribution in [1.82, 2.24) is 39.6 Å². The van der Waals surface area contributed by atoms with Crippen molar-refractivity contribution in [2.45, 2.75) is 20.8 Å². The molecule has 11 heteroatoms. The van der Waals surface area contributed by atoms with Crippen molar-refractivity contribution in [3.8, 4) is 11.9 Å². The molecule has 0 aliphatic heterocycles. The molecule has 128 valence electrons. The van der Waals surface area contributed by atoms with Gasteiger partial charge < -0.3 is 0 Å². The van der Waals surface area contributed by atoms with Crippen LogP contribution >= 0.6 is 0 Å². The third-order valence-corrected chi connectivity index (χ3v) is 3.71. The molecule has 0 radical (unpaired) electrons. The third-order valence-electron chi connectivity index (χ3n) is 3.71. The zero-order valence-corrected chi connectivity index (χ0v) is 14.2. The molecular weight excluding hydrogens is 334 g/mol. The number of nitriles is 1. The van der Waals surface area contributed by atoms with Crippen LogP contribution in [0.5, 0.6) is 0 Å². The molecule has 1 N–H and O–H groups in total. The van der Waals surface area contributed by atoms with Gasteiger partial charge in [-0.15, -0.1) is 15.3 Å². The molecule has 0 spiro atoms. The molecule has 26 heavy (non-hydrogen) atoms. The van der Waals surface area contributed by atoms with E-state index in [0.29, 0.717) is 34.2 Å². The molecule has 0 saturated heterocycles. The Morgan fingerprint density at radius 2 is 2.00 bits per heavy atom. The third kappa shape index (κ3) is 2.40. The largest absolute Gasteiger partial charge is 0.278 e. The number of nitrogens with zero attached hydrogens (tertiary/aromatic N) is 10. The van der Waals surface area contributed by atoms with Crippen molar-refractivity contribution >= 4 is 17.2 Å². The van der Waals surface area contributed by atoms with Crippen LogP contribution in [0.3, 0.4) is 0 Å². The summed E-state index contributed by atoms with van der Waals surface area (Å²) in [5.41, 5.74) is 2.70. The van der Waals surface area contributed by atoms with Gasteiger partial charge in [-0.2, -0.15) is 19.7 Å². The Labute approximate surface area is 147 Å². The van der Waals surface area contributed by atoms with E-state index in [9.17, 15) is 5.26 Å². The maximum absolute atomic E-state index is 9.47. The van der Waals surface area contributed by atoms with Crippen LogP contribution in [0.2, 0.25) is 0 Å². The summed E-state index contributed by atoms with van der Waals surface area (Å²) >= 11 is 0. The SMILES string of the molecule is Cc1nc2c(N=Nc3c(C#N)c(C)nn3-c3cnccn3)c(C)[nH]n2n1. The van der Waals surface area contributed by atoms with Gasteiger partial charge in [0, 0.05) is 12.4 Å². The second kappa shape index (κ2) is 5.85. The van der Waals surface area contributed by atoms with Gasteiger partial charge in [-0.3, -0.25) is 10.1 Å². The lowest BCUT2D eigenvalue weighted by Crippen LogP contribution is -1.99. The van der Waals surface area contributed by atoms with E-state index >= 15 is 0 Å². The lowest BCUT2D eigenvalue weighted by Gasteiger charge is -2.00. The van der Waals surface area contributed by atoms with Gasteiger partial charge >= 0.3 is 0 Å². The van der Waals surface area contributed by atoms with Crippen LogP contribution < -0.4 is 0 Å². The van der Waals surface area contributed by atoms with Crippen LogP contribution in [-0.2, 0) is 0 Å². The van der Waals surface area contributed by atoms with Gasteiger partial charge in [0.15, 0.2) is 17.3 Å². The molecule has 11 nitrogen and oxygen atoms in total. The zero-order chi connectivity index (χ0) is 18.3. The summed E-state index contributed by atoms with van der Waals surface area (Å²) in [6.07, 6.45) is 4.63. The highest BCUT2D eigenvalue weighted by molar-refractivity contribution is 5.66. The van der Waals surface area contributed by atoms with Gasteiger partial charge in [-0.1, -0.05) is 0 Å². The predicted molar refractivity (Wildman–Crippen MR) is 89.6 cm³/mol. The first-order valence-electron chi connectivity index (χ1n) is 7.68. The van der Waals surface area contributed by atoms with Gasteiger partial charge in [0.1, 0.15) is 17.5 Å². The Hall–Kier alpha value is -3.94. The molecule has 0 unspecified atom stereocenters. The first kappa shape index (κ1) is 15.6. The first-order valence-corrected chi connectivity index (χ1v) is 7.68. The fraction of sp³-hybridized carbons (Fsp3) is 0.200. The second-order valence-electron chi connectivity index (χ2n) is 5.55. The number of fused-ring (bicyclic) bond motifs is 1. The highest BCUT2D eigenvalue weighted by atomic mass is 15.5. The fourth-order valence-corrected chi connectivity index (χ4v) is 2.54.